The minimum Gasteiger partial charge on any atom is -0.345 e. The Balaban J connectivity index is 1.50. The largest absolute Gasteiger partial charge is 0.345 e. The molecule has 35 heavy (non-hydrogen) atoms. The molecule has 4 rings (SSSR count). The third-order valence-electron chi connectivity index (χ3n) is 6.88. The summed E-state index contributed by atoms with van der Waals surface area (Å²) < 4.78 is 26.5. The van der Waals surface area contributed by atoms with Gasteiger partial charge in [-0.2, -0.15) is 0 Å². The normalized spacial score (nSPS) is 14.1. The third-order valence-corrected chi connectivity index (χ3v) is 8.02. The standard InChI is InChI=1S/C29H34N2O3S/c1-4-28(25-14-13-22-10-7-8-11-24(22)19-25)30-29(32)23-15-17-27(18-16-23)31(35(3,33)34)20-26-12-6-5-9-21(26)2/h5-6,9,12-19,28H,4,7-8,10-11,20H2,1-3H3,(H,30,32)/t28-/m0/s1. The summed E-state index contributed by atoms with van der Waals surface area (Å²) in [5.41, 5.74) is 6.99. The van der Waals surface area contributed by atoms with Crippen LogP contribution >= 0.6 is 0 Å². The Labute approximate surface area is 209 Å². The molecule has 0 radical (unpaired) electrons. The molecular weight excluding hydrogens is 456 g/mol. The third kappa shape index (κ3) is 5.93. The van der Waals surface area contributed by atoms with Crippen molar-refractivity contribution in [2.45, 2.75) is 58.5 Å². The van der Waals surface area contributed by atoms with Gasteiger partial charge < -0.3 is 5.32 Å². The molecule has 0 aliphatic heterocycles. The van der Waals surface area contributed by atoms with E-state index < -0.39 is 10.0 Å². The number of anilines is 1. The molecule has 0 saturated heterocycles. The monoisotopic (exact) mass is 490 g/mol. The first-order valence-corrected chi connectivity index (χ1v) is 14.2. The van der Waals surface area contributed by atoms with Gasteiger partial charge in [0.15, 0.2) is 0 Å². The molecule has 1 atom stereocenters. The van der Waals surface area contributed by atoms with E-state index in [4.69, 9.17) is 0 Å². The predicted octanol–water partition coefficient (Wildman–Crippen LogP) is 5.72. The van der Waals surface area contributed by atoms with Crippen molar-refractivity contribution >= 4 is 21.6 Å². The molecule has 1 amide bonds. The smallest absolute Gasteiger partial charge is 0.251 e. The number of nitrogens with zero attached hydrogens (tertiary/aromatic N) is 1. The SMILES string of the molecule is CC[C@H](NC(=O)c1ccc(N(Cc2ccccc2C)S(C)(=O)=O)cc1)c1ccc2c(c1)CCCC2. The zero-order valence-electron chi connectivity index (χ0n) is 20.8. The summed E-state index contributed by atoms with van der Waals surface area (Å²) in [5.74, 6) is -0.161. The summed E-state index contributed by atoms with van der Waals surface area (Å²) >= 11 is 0. The molecule has 0 unspecified atom stereocenters. The van der Waals surface area contributed by atoms with E-state index >= 15 is 0 Å². The highest BCUT2D eigenvalue weighted by atomic mass is 32.2. The molecule has 0 bridgehead atoms. The lowest BCUT2D eigenvalue weighted by Gasteiger charge is -2.24. The number of sulfonamides is 1. The van der Waals surface area contributed by atoms with E-state index in [1.807, 2.05) is 31.2 Å². The number of benzene rings is 3. The second kappa shape index (κ2) is 10.6. The van der Waals surface area contributed by atoms with Gasteiger partial charge in [0, 0.05) is 5.56 Å². The molecule has 0 saturated carbocycles. The molecule has 1 N–H and O–H groups in total. The molecule has 3 aromatic rings. The number of aryl methyl sites for hydroxylation is 3. The molecule has 0 aromatic heterocycles. The van der Waals surface area contributed by atoms with Crippen LogP contribution in [0.4, 0.5) is 5.69 Å². The fourth-order valence-corrected chi connectivity index (χ4v) is 5.63. The highest BCUT2D eigenvalue weighted by Crippen LogP contribution is 2.27. The van der Waals surface area contributed by atoms with Gasteiger partial charge >= 0.3 is 0 Å². The van der Waals surface area contributed by atoms with Crippen molar-refractivity contribution in [1.82, 2.24) is 5.32 Å². The van der Waals surface area contributed by atoms with Crippen LogP contribution in [-0.2, 0) is 29.4 Å². The van der Waals surface area contributed by atoms with Crippen LogP contribution in [0.1, 0.15) is 70.4 Å². The second-order valence-corrected chi connectivity index (χ2v) is 11.3. The zero-order chi connectivity index (χ0) is 25.0. The lowest BCUT2D eigenvalue weighted by molar-refractivity contribution is 0.0935. The van der Waals surface area contributed by atoms with Gasteiger partial charge in [0.2, 0.25) is 10.0 Å². The van der Waals surface area contributed by atoms with Crippen molar-refractivity contribution in [1.29, 1.82) is 0 Å². The Morgan fingerprint density at radius 1 is 0.971 bits per heavy atom. The van der Waals surface area contributed by atoms with Crippen molar-refractivity contribution in [3.8, 4) is 0 Å². The van der Waals surface area contributed by atoms with Crippen molar-refractivity contribution < 1.29 is 13.2 Å². The van der Waals surface area contributed by atoms with Crippen LogP contribution in [0.3, 0.4) is 0 Å². The highest BCUT2D eigenvalue weighted by Gasteiger charge is 2.20. The lowest BCUT2D eigenvalue weighted by atomic mass is 9.88. The predicted molar refractivity (Wildman–Crippen MR) is 142 cm³/mol. The summed E-state index contributed by atoms with van der Waals surface area (Å²) in [7, 11) is -3.50. The summed E-state index contributed by atoms with van der Waals surface area (Å²) in [6.07, 6.45) is 6.71. The molecule has 0 spiro atoms. The molecule has 3 aromatic carbocycles. The minimum atomic E-state index is -3.50. The Kier molecular flexibility index (Phi) is 7.60. The summed E-state index contributed by atoms with van der Waals surface area (Å²) in [5, 5.41) is 3.16. The van der Waals surface area contributed by atoms with E-state index in [1.54, 1.807) is 24.3 Å². The Bertz CT molecular complexity index is 1300. The number of fused-ring (bicyclic) bond motifs is 1. The van der Waals surface area contributed by atoms with E-state index in [1.165, 1.54) is 34.5 Å². The average molecular weight is 491 g/mol. The maximum atomic E-state index is 13.0. The second-order valence-electron chi connectivity index (χ2n) is 9.41. The zero-order valence-corrected chi connectivity index (χ0v) is 21.6. The van der Waals surface area contributed by atoms with Gasteiger partial charge in [-0.05, 0) is 91.1 Å². The quantitative estimate of drug-likeness (QED) is 0.439. The van der Waals surface area contributed by atoms with E-state index in [0.29, 0.717) is 11.3 Å². The van der Waals surface area contributed by atoms with Crippen molar-refractivity contribution in [2.24, 2.45) is 0 Å². The fourth-order valence-electron chi connectivity index (χ4n) is 4.75. The van der Waals surface area contributed by atoms with Crippen LogP contribution in [0.5, 0.6) is 0 Å². The number of rotatable bonds is 8. The molecular formula is C29H34N2O3S. The first kappa shape index (κ1) is 25.0. The van der Waals surface area contributed by atoms with Crippen LogP contribution in [0, 0.1) is 6.92 Å². The molecule has 6 heteroatoms. The molecule has 1 aliphatic rings. The van der Waals surface area contributed by atoms with Crippen LogP contribution in [-0.4, -0.2) is 20.6 Å². The molecule has 0 heterocycles. The van der Waals surface area contributed by atoms with E-state index in [0.717, 1.165) is 36.0 Å². The maximum absolute atomic E-state index is 13.0. The van der Waals surface area contributed by atoms with Gasteiger partial charge in [0.1, 0.15) is 0 Å². The van der Waals surface area contributed by atoms with Gasteiger partial charge in [-0.1, -0.05) is 49.4 Å². The molecule has 0 fully saturated rings. The van der Waals surface area contributed by atoms with Crippen molar-refractivity contribution in [2.75, 3.05) is 10.6 Å². The van der Waals surface area contributed by atoms with Crippen LogP contribution in [0.2, 0.25) is 0 Å². The van der Waals surface area contributed by atoms with Gasteiger partial charge in [0.05, 0.1) is 24.5 Å². The molecule has 1 aliphatic carbocycles. The Hall–Kier alpha value is -3.12. The number of carbonyl (C=O) groups excluding carboxylic acids is 1. The first-order valence-electron chi connectivity index (χ1n) is 12.3. The number of hydrogen-bond donors (Lipinski definition) is 1. The van der Waals surface area contributed by atoms with Crippen LogP contribution in [0.15, 0.2) is 66.7 Å². The Morgan fingerprint density at radius 2 is 1.66 bits per heavy atom. The van der Waals surface area contributed by atoms with Crippen LogP contribution < -0.4 is 9.62 Å². The van der Waals surface area contributed by atoms with E-state index in [-0.39, 0.29) is 18.5 Å². The molecule has 5 nitrogen and oxygen atoms in total. The highest BCUT2D eigenvalue weighted by molar-refractivity contribution is 7.92. The Morgan fingerprint density at radius 3 is 2.31 bits per heavy atom. The van der Waals surface area contributed by atoms with Crippen LogP contribution in [0.25, 0.3) is 0 Å². The van der Waals surface area contributed by atoms with Gasteiger partial charge in [-0.3, -0.25) is 9.10 Å². The van der Waals surface area contributed by atoms with E-state index in [2.05, 4.69) is 30.4 Å². The topological polar surface area (TPSA) is 66.5 Å². The number of nitrogens with one attached hydrogen (secondary N) is 1. The first-order chi connectivity index (χ1) is 16.8. The van der Waals surface area contributed by atoms with Crippen molar-refractivity contribution in [3.05, 3.63) is 100 Å². The average Bonchev–Trinajstić information content (AvgIpc) is 2.86. The fraction of sp³-hybridized carbons (Fsp3) is 0.345. The summed E-state index contributed by atoms with van der Waals surface area (Å²) in [6, 6.07) is 21.1. The summed E-state index contributed by atoms with van der Waals surface area (Å²) in [4.78, 5) is 13.0. The lowest BCUT2D eigenvalue weighted by Crippen LogP contribution is -2.30. The number of carbonyl (C=O) groups is 1. The van der Waals surface area contributed by atoms with Gasteiger partial charge in [0.25, 0.3) is 5.91 Å². The van der Waals surface area contributed by atoms with E-state index in [9.17, 15) is 13.2 Å². The van der Waals surface area contributed by atoms with Crippen molar-refractivity contribution in [3.63, 3.8) is 0 Å². The minimum absolute atomic E-state index is 0.0667. The summed E-state index contributed by atoms with van der Waals surface area (Å²) in [6.45, 7) is 4.28. The number of amides is 1. The number of hydrogen-bond acceptors (Lipinski definition) is 3. The van der Waals surface area contributed by atoms with Gasteiger partial charge in [-0.15, -0.1) is 0 Å². The molecule has 184 valence electrons. The van der Waals surface area contributed by atoms with Gasteiger partial charge in [-0.25, -0.2) is 8.42 Å². The maximum Gasteiger partial charge on any atom is 0.251 e.